The summed E-state index contributed by atoms with van der Waals surface area (Å²) in [4.78, 5) is 0. The minimum Gasteiger partial charge on any atom is -0.376 e. The predicted octanol–water partition coefficient (Wildman–Crippen LogP) is 2.78. The molecule has 0 spiro atoms. The number of aliphatic hydroxyl groups is 1. The van der Waals surface area contributed by atoms with Crippen LogP contribution in [0.3, 0.4) is 0 Å². The molecule has 0 aromatic heterocycles. The van der Waals surface area contributed by atoms with Crippen molar-refractivity contribution in [1.82, 2.24) is 0 Å². The maximum absolute atomic E-state index is 9.78. The van der Waals surface area contributed by atoms with Gasteiger partial charge in [0.05, 0.1) is 0 Å². The molecule has 2 aromatic carbocycles. The number of hydrogen-bond donors (Lipinski definition) is 1. The Kier molecular flexibility index (Phi) is 4.20. The highest BCUT2D eigenvalue weighted by Gasteiger charge is 2.00. The summed E-state index contributed by atoms with van der Waals surface area (Å²) in [6.07, 6.45) is -0.781. The average molecular weight is 232 g/mol. The van der Waals surface area contributed by atoms with E-state index < -0.39 is 6.10 Å². The van der Waals surface area contributed by atoms with E-state index in [0.29, 0.717) is 0 Å². The summed E-state index contributed by atoms with van der Waals surface area (Å²) in [5.74, 6) is 11.0. The second-order valence-corrected chi connectivity index (χ2v) is 3.70. The molecule has 2 rings (SSSR count). The van der Waals surface area contributed by atoms with Gasteiger partial charge in [-0.25, -0.2) is 0 Å². The van der Waals surface area contributed by atoms with Crippen molar-refractivity contribution in [1.29, 1.82) is 0 Å². The molecule has 0 amide bonds. The van der Waals surface area contributed by atoms with Crippen molar-refractivity contribution in [2.24, 2.45) is 0 Å². The summed E-state index contributed by atoms with van der Waals surface area (Å²) in [6.45, 7) is 0. The molecule has 0 saturated carbocycles. The monoisotopic (exact) mass is 232 g/mol. The van der Waals surface area contributed by atoms with Crippen LogP contribution in [0.1, 0.15) is 17.2 Å². The van der Waals surface area contributed by atoms with Crippen LogP contribution in [-0.2, 0) is 0 Å². The third-order valence-corrected chi connectivity index (χ3v) is 2.37. The smallest absolute Gasteiger partial charge is 0.141 e. The maximum atomic E-state index is 9.78. The van der Waals surface area contributed by atoms with Crippen LogP contribution < -0.4 is 0 Å². The van der Waals surface area contributed by atoms with E-state index in [1.165, 1.54) is 0 Å². The molecule has 0 heterocycles. The summed E-state index contributed by atoms with van der Waals surface area (Å²) in [7, 11) is 0. The SMILES string of the molecule is O[C@@H](C#CC#Cc1ccccc1)c1ccccc1. The zero-order chi connectivity index (χ0) is 12.6. The number of hydrogen-bond acceptors (Lipinski definition) is 1. The van der Waals surface area contributed by atoms with Crippen molar-refractivity contribution in [3.8, 4) is 23.7 Å². The van der Waals surface area contributed by atoms with Gasteiger partial charge in [-0.15, -0.1) is 0 Å². The first-order chi connectivity index (χ1) is 8.86. The summed E-state index contributed by atoms with van der Waals surface area (Å²) in [5.41, 5.74) is 1.70. The third-order valence-electron chi connectivity index (χ3n) is 2.37. The molecule has 2 aromatic rings. The number of rotatable bonds is 1. The highest BCUT2D eigenvalue weighted by atomic mass is 16.3. The zero-order valence-electron chi connectivity index (χ0n) is 9.80. The molecule has 1 heteroatoms. The van der Waals surface area contributed by atoms with E-state index >= 15 is 0 Å². The van der Waals surface area contributed by atoms with Crippen molar-refractivity contribution in [2.45, 2.75) is 6.10 Å². The number of benzene rings is 2. The molecule has 1 nitrogen and oxygen atoms in total. The Morgan fingerprint density at radius 2 is 1.39 bits per heavy atom. The second kappa shape index (κ2) is 6.30. The van der Waals surface area contributed by atoms with Crippen molar-refractivity contribution in [3.05, 3.63) is 71.8 Å². The Labute approximate surface area is 107 Å². The van der Waals surface area contributed by atoms with Crippen molar-refractivity contribution in [2.75, 3.05) is 0 Å². The molecular formula is C17H12O. The molecule has 1 atom stereocenters. The Morgan fingerprint density at radius 1 is 0.778 bits per heavy atom. The van der Waals surface area contributed by atoms with Gasteiger partial charge < -0.3 is 5.11 Å². The predicted molar refractivity (Wildman–Crippen MR) is 72.5 cm³/mol. The lowest BCUT2D eigenvalue weighted by Crippen LogP contribution is -1.91. The lowest BCUT2D eigenvalue weighted by molar-refractivity contribution is 0.238. The highest BCUT2D eigenvalue weighted by molar-refractivity contribution is 5.40. The Morgan fingerprint density at radius 3 is 2.06 bits per heavy atom. The topological polar surface area (TPSA) is 20.2 Å². The zero-order valence-corrected chi connectivity index (χ0v) is 9.80. The summed E-state index contributed by atoms with van der Waals surface area (Å²) >= 11 is 0. The van der Waals surface area contributed by atoms with Crippen LogP contribution in [0.25, 0.3) is 0 Å². The molecule has 86 valence electrons. The molecule has 0 radical (unpaired) electrons. The van der Waals surface area contributed by atoms with Gasteiger partial charge in [-0.1, -0.05) is 60.4 Å². The fourth-order valence-electron chi connectivity index (χ4n) is 1.45. The molecular weight excluding hydrogens is 220 g/mol. The Bertz CT molecular complexity index is 607. The van der Waals surface area contributed by atoms with Gasteiger partial charge in [0, 0.05) is 5.56 Å². The first-order valence-corrected chi connectivity index (χ1v) is 5.66. The van der Waals surface area contributed by atoms with Crippen LogP contribution in [0, 0.1) is 23.7 Å². The van der Waals surface area contributed by atoms with E-state index in [2.05, 4.69) is 23.7 Å². The first kappa shape index (κ1) is 12.0. The first-order valence-electron chi connectivity index (χ1n) is 5.66. The van der Waals surface area contributed by atoms with E-state index in [0.717, 1.165) is 11.1 Å². The van der Waals surface area contributed by atoms with Crippen molar-refractivity contribution in [3.63, 3.8) is 0 Å². The van der Waals surface area contributed by atoms with E-state index in [-0.39, 0.29) is 0 Å². The molecule has 0 saturated heterocycles. The molecule has 18 heavy (non-hydrogen) atoms. The largest absolute Gasteiger partial charge is 0.376 e. The normalized spacial score (nSPS) is 10.5. The fourth-order valence-corrected chi connectivity index (χ4v) is 1.45. The highest BCUT2D eigenvalue weighted by Crippen LogP contribution is 2.09. The van der Waals surface area contributed by atoms with Gasteiger partial charge in [0.15, 0.2) is 0 Å². The van der Waals surface area contributed by atoms with Crippen LogP contribution in [0.2, 0.25) is 0 Å². The van der Waals surface area contributed by atoms with Crippen LogP contribution in [0.4, 0.5) is 0 Å². The molecule has 0 bridgehead atoms. The molecule has 1 N–H and O–H groups in total. The van der Waals surface area contributed by atoms with Crippen molar-refractivity contribution >= 4 is 0 Å². The third kappa shape index (κ3) is 3.52. The van der Waals surface area contributed by atoms with Gasteiger partial charge in [-0.05, 0) is 29.5 Å². The van der Waals surface area contributed by atoms with E-state index in [1.807, 2.05) is 60.7 Å². The molecule has 0 aliphatic carbocycles. The summed E-state index contributed by atoms with van der Waals surface area (Å²) in [6, 6.07) is 19.0. The molecule has 0 unspecified atom stereocenters. The quantitative estimate of drug-likeness (QED) is 0.750. The Balaban J connectivity index is 2.04. The van der Waals surface area contributed by atoms with Gasteiger partial charge in [-0.3, -0.25) is 0 Å². The molecule has 0 fully saturated rings. The van der Waals surface area contributed by atoms with Gasteiger partial charge in [-0.2, -0.15) is 0 Å². The van der Waals surface area contributed by atoms with E-state index in [1.54, 1.807) is 0 Å². The van der Waals surface area contributed by atoms with Crippen LogP contribution in [0.5, 0.6) is 0 Å². The van der Waals surface area contributed by atoms with Crippen LogP contribution in [-0.4, -0.2) is 5.11 Å². The molecule has 0 aliphatic heterocycles. The standard InChI is InChI=1S/C17H12O/c18-17(16-12-5-2-6-13-16)14-8-7-11-15-9-3-1-4-10-15/h1-6,9-10,12-13,17-18H/t17-/m0/s1. The minimum absolute atomic E-state index is 0.781. The van der Waals surface area contributed by atoms with Gasteiger partial charge in [0.2, 0.25) is 0 Å². The molecule has 0 aliphatic rings. The minimum atomic E-state index is -0.781. The van der Waals surface area contributed by atoms with E-state index in [9.17, 15) is 5.11 Å². The van der Waals surface area contributed by atoms with Crippen LogP contribution >= 0.6 is 0 Å². The van der Waals surface area contributed by atoms with Gasteiger partial charge in [0.25, 0.3) is 0 Å². The van der Waals surface area contributed by atoms with Gasteiger partial charge in [0.1, 0.15) is 6.10 Å². The average Bonchev–Trinajstić information content (AvgIpc) is 2.45. The number of aliphatic hydroxyl groups excluding tert-OH is 1. The fraction of sp³-hybridized carbons (Fsp3) is 0.0588. The summed E-state index contributed by atoms with van der Waals surface area (Å²) < 4.78 is 0. The Hall–Kier alpha value is -2.48. The van der Waals surface area contributed by atoms with Crippen LogP contribution in [0.15, 0.2) is 60.7 Å². The summed E-state index contributed by atoms with van der Waals surface area (Å²) in [5, 5.41) is 9.78. The lowest BCUT2D eigenvalue weighted by Gasteiger charge is -2.00. The lowest BCUT2D eigenvalue weighted by atomic mass is 10.1. The van der Waals surface area contributed by atoms with E-state index in [4.69, 9.17) is 0 Å². The maximum Gasteiger partial charge on any atom is 0.141 e. The second-order valence-electron chi connectivity index (χ2n) is 3.70. The van der Waals surface area contributed by atoms with Gasteiger partial charge >= 0.3 is 0 Å². The van der Waals surface area contributed by atoms with Crippen molar-refractivity contribution < 1.29 is 5.11 Å².